The van der Waals surface area contributed by atoms with Crippen LogP contribution in [0.5, 0.6) is 11.5 Å². The zero-order valence-corrected chi connectivity index (χ0v) is 12.2. The van der Waals surface area contributed by atoms with Crippen LogP contribution in [0.3, 0.4) is 0 Å². The molecule has 1 aromatic carbocycles. The van der Waals surface area contributed by atoms with Crippen LogP contribution in [-0.2, 0) is 4.79 Å². The van der Waals surface area contributed by atoms with Gasteiger partial charge in [0, 0.05) is 24.2 Å². The molecular weight excluding hydrogens is 256 g/mol. The van der Waals surface area contributed by atoms with E-state index in [0.717, 1.165) is 23.6 Å². The van der Waals surface area contributed by atoms with Crippen LogP contribution >= 0.6 is 0 Å². The molecule has 2 N–H and O–H groups in total. The van der Waals surface area contributed by atoms with Crippen LogP contribution in [0.1, 0.15) is 27.2 Å². The SMILES string of the molecule is CC(C)NC(=O)C(C)Nc1ccc2c(c1)OCCCO2. The minimum atomic E-state index is -0.304. The maximum Gasteiger partial charge on any atom is 0.242 e. The molecule has 1 aliphatic rings. The number of hydrogen-bond acceptors (Lipinski definition) is 4. The van der Waals surface area contributed by atoms with Gasteiger partial charge in [-0.3, -0.25) is 4.79 Å². The van der Waals surface area contributed by atoms with Crippen molar-refractivity contribution in [3.8, 4) is 11.5 Å². The molecule has 1 amide bonds. The summed E-state index contributed by atoms with van der Waals surface area (Å²) in [6.45, 7) is 7.05. The van der Waals surface area contributed by atoms with E-state index in [1.165, 1.54) is 0 Å². The molecule has 2 rings (SSSR count). The van der Waals surface area contributed by atoms with Crippen LogP contribution < -0.4 is 20.1 Å². The van der Waals surface area contributed by atoms with Crippen molar-refractivity contribution in [1.29, 1.82) is 0 Å². The molecular formula is C15H22N2O3. The molecule has 1 aromatic rings. The standard InChI is InChI=1S/C15H22N2O3/c1-10(2)16-15(18)11(3)17-12-5-6-13-14(9-12)20-8-4-7-19-13/h5-6,9-11,17H,4,7-8H2,1-3H3,(H,16,18). The summed E-state index contributed by atoms with van der Waals surface area (Å²) >= 11 is 0. The minimum absolute atomic E-state index is 0.0212. The molecule has 0 radical (unpaired) electrons. The molecule has 0 saturated carbocycles. The van der Waals surface area contributed by atoms with Crippen LogP contribution in [0.25, 0.3) is 0 Å². The summed E-state index contributed by atoms with van der Waals surface area (Å²) in [4.78, 5) is 11.9. The summed E-state index contributed by atoms with van der Waals surface area (Å²) in [5.41, 5.74) is 0.848. The Kier molecular flexibility index (Phi) is 4.71. The lowest BCUT2D eigenvalue weighted by Gasteiger charge is -2.18. The lowest BCUT2D eigenvalue weighted by atomic mass is 10.2. The number of fused-ring (bicyclic) bond motifs is 1. The molecule has 5 heteroatoms. The number of nitrogens with one attached hydrogen (secondary N) is 2. The average molecular weight is 278 g/mol. The molecule has 1 atom stereocenters. The Labute approximate surface area is 119 Å². The zero-order valence-electron chi connectivity index (χ0n) is 12.2. The summed E-state index contributed by atoms with van der Waals surface area (Å²) in [6.07, 6.45) is 0.880. The van der Waals surface area contributed by atoms with E-state index in [0.29, 0.717) is 13.2 Å². The molecule has 1 aliphatic heterocycles. The van der Waals surface area contributed by atoms with Crippen LogP contribution in [0, 0.1) is 0 Å². The highest BCUT2D eigenvalue weighted by molar-refractivity contribution is 5.84. The number of anilines is 1. The maximum absolute atomic E-state index is 11.9. The van der Waals surface area contributed by atoms with E-state index < -0.39 is 0 Å². The van der Waals surface area contributed by atoms with Crippen molar-refractivity contribution >= 4 is 11.6 Å². The van der Waals surface area contributed by atoms with Crippen molar-refractivity contribution in [2.24, 2.45) is 0 Å². The summed E-state index contributed by atoms with van der Waals surface area (Å²) in [5.74, 6) is 1.46. The molecule has 5 nitrogen and oxygen atoms in total. The number of rotatable bonds is 4. The maximum atomic E-state index is 11.9. The van der Waals surface area contributed by atoms with Gasteiger partial charge in [0.05, 0.1) is 13.2 Å². The van der Waals surface area contributed by atoms with E-state index in [9.17, 15) is 4.79 Å². The second-order valence-electron chi connectivity index (χ2n) is 5.24. The number of benzene rings is 1. The van der Waals surface area contributed by atoms with Gasteiger partial charge in [0.2, 0.25) is 5.91 Å². The topological polar surface area (TPSA) is 59.6 Å². The fourth-order valence-corrected chi connectivity index (χ4v) is 1.98. The summed E-state index contributed by atoms with van der Waals surface area (Å²) in [7, 11) is 0. The first kappa shape index (κ1) is 14.5. The number of carbonyl (C=O) groups is 1. The van der Waals surface area contributed by atoms with Gasteiger partial charge in [0.25, 0.3) is 0 Å². The largest absolute Gasteiger partial charge is 0.490 e. The lowest BCUT2D eigenvalue weighted by Crippen LogP contribution is -2.40. The Morgan fingerprint density at radius 1 is 1.15 bits per heavy atom. The van der Waals surface area contributed by atoms with Gasteiger partial charge in [-0.15, -0.1) is 0 Å². The van der Waals surface area contributed by atoms with E-state index in [1.807, 2.05) is 39.0 Å². The van der Waals surface area contributed by atoms with E-state index in [-0.39, 0.29) is 18.0 Å². The molecule has 20 heavy (non-hydrogen) atoms. The number of hydrogen-bond donors (Lipinski definition) is 2. The van der Waals surface area contributed by atoms with Crippen molar-refractivity contribution in [3.05, 3.63) is 18.2 Å². The van der Waals surface area contributed by atoms with E-state index in [1.54, 1.807) is 0 Å². The predicted molar refractivity (Wildman–Crippen MR) is 78.4 cm³/mol. The summed E-state index contributed by atoms with van der Waals surface area (Å²) < 4.78 is 11.2. The number of amides is 1. The van der Waals surface area contributed by atoms with Gasteiger partial charge >= 0.3 is 0 Å². The summed E-state index contributed by atoms with van der Waals surface area (Å²) in [5, 5.41) is 6.05. The normalized spacial score (nSPS) is 15.4. The lowest BCUT2D eigenvalue weighted by molar-refractivity contribution is -0.122. The fourth-order valence-electron chi connectivity index (χ4n) is 1.98. The zero-order chi connectivity index (χ0) is 14.5. The first-order chi connectivity index (χ1) is 9.56. The van der Waals surface area contributed by atoms with Gasteiger partial charge in [-0.25, -0.2) is 0 Å². The molecule has 0 aliphatic carbocycles. The van der Waals surface area contributed by atoms with Crippen molar-refractivity contribution in [2.75, 3.05) is 18.5 Å². The highest BCUT2D eigenvalue weighted by atomic mass is 16.5. The molecule has 1 heterocycles. The Balaban J connectivity index is 2.03. The molecule has 0 saturated heterocycles. The Morgan fingerprint density at radius 3 is 2.55 bits per heavy atom. The van der Waals surface area contributed by atoms with Crippen LogP contribution in [0.15, 0.2) is 18.2 Å². The van der Waals surface area contributed by atoms with Crippen molar-refractivity contribution < 1.29 is 14.3 Å². The monoisotopic (exact) mass is 278 g/mol. The minimum Gasteiger partial charge on any atom is -0.490 e. The first-order valence-electron chi connectivity index (χ1n) is 7.03. The van der Waals surface area contributed by atoms with Crippen molar-refractivity contribution in [3.63, 3.8) is 0 Å². The smallest absolute Gasteiger partial charge is 0.242 e. The molecule has 0 bridgehead atoms. The number of carbonyl (C=O) groups excluding carboxylic acids is 1. The van der Waals surface area contributed by atoms with Gasteiger partial charge in [-0.1, -0.05) is 0 Å². The van der Waals surface area contributed by atoms with E-state index in [2.05, 4.69) is 10.6 Å². The van der Waals surface area contributed by atoms with Crippen molar-refractivity contribution in [1.82, 2.24) is 5.32 Å². The van der Waals surface area contributed by atoms with E-state index in [4.69, 9.17) is 9.47 Å². The molecule has 0 aromatic heterocycles. The third-order valence-corrected chi connectivity index (χ3v) is 2.95. The Morgan fingerprint density at radius 2 is 1.85 bits per heavy atom. The average Bonchev–Trinajstić information content (AvgIpc) is 2.62. The van der Waals surface area contributed by atoms with Gasteiger partial charge < -0.3 is 20.1 Å². The third kappa shape index (κ3) is 3.79. The second kappa shape index (κ2) is 6.50. The molecule has 0 spiro atoms. The number of ether oxygens (including phenoxy) is 2. The van der Waals surface area contributed by atoms with Gasteiger partial charge in [-0.05, 0) is 32.9 Å². The molecule has 0 fully saturated rings. The van der Waals surface area contributed by atoms with Gasteiger partial charge in [-0.2, -0.15) is 0 Å². The third-order valence-electron chi connectivity index (χ3n) is 2.95. The van der Waals surface area contributed by atoms with Crippen molar-refractivity contribution in [2.45, 2.75) is 39.3 Å². The predicted octanol–water partition coefficient (Wildman–Crippen LogP) is 2.17. The van der Waals surface area contributed by atoms with Gasteiger partial charge in [0.15, 0.2) is 11.5 Å². The first-order valence-corrected chi connectivity index (χ1v) is 7.03. The van der Waals surface area contributed by atoms with Gasteiger partial charge in [0.1, 0.15) is 6.04 Å². The Hall–Kier alpha value is -1.91. The quantitative estimate of drug-likeness (QED) is 0.886. The van der Waals surface area contributed by atoms with Crippen LogP contribution in [0.2, 0.25) is 0 Å². The Bertz CT molecular complexity index is 474. The highest BCUT2D eigenvalue weighted by Crippen LogP contribution is 2.32. The fraction of sp³-hybridized carbons (Fsp3) is 0.533. The van der Waals surface area contributed by atoms with Crippen LogP contribution in [-0.4, -0.2) is 31.2 Å². The highest BCUT2D eigenvalue weighted by Gasteiger charge is 2.15. The molecule has 110 valence electrons. The van der Waals surface area contributed by atoms with Crippen LogP contribution in [0.4, 0.5) is 5.69 Å². The second-order valence-corrected chi connectivity index (χ2v) is 5.24. The molecule has 1 unspecified atom stereocenters. The summed E-state index contributed by atoms with van der Waals surface area (Å²) in [6, 6.07) is 5.47. The van der Waals surface area contributed by atoms with E-state index >= 15 is 0 Å².